The van der Waals surface area contributed by atoms with E-state index in [4.69, 9.17) is 9.47 Å². The zero-order valence-electron chi connectivity index (χ0n) is 27.2. The third-order valence-electron chi connectivity index (χ3n) is 6.62. The first-order chi connectivity index (χ1) is 22.8. The zero-order valence-corrected chi connectivity index (χ0v) is 32.3. The Kier molecular flexibility index (Phi) is 20.6. The smallest absolute Gasteiger partial charge is 0.438 e. The van der Waals surface area contributed by atoms with E-state index in [2.05, 4.69) is 62.4 Å². The van der Waals surface area contributed by atoms with E-state index in [9.17, 15) is 48.1 Å². The lowest BCUT2D eigenvalue weighted by Crippen LogP contribution is -3.61. The molecule has 0 aliphatic rings. The van der Waals surface area contributed by atoms with Gasteiger partial charge in [0.05, 0.1) is 13.2 Å². The molecule has 0 amide bonds. The minimum Gasteiger partial charge on any atom is -0.743 e. The lowest BCUT2D eigenvalue weighted by molar-refractivity contribution is -0.597. The summed E-state index contributed by atoms with van der Waals surface area (Å²) in [7, 11) is -7.12. The first kappa shape index (κ1) is 45.8. The average Bonchev–Trinajstić information content (AvgIpc) is 3.00. The Bertz CT molecular complexity index is 1240. The molecule has 0 fully saturated rings. The molecule has 0 unspecified atom stereocenters. The van der Waals surface area contributed by atoms with Crippen LogP contribution in [0, 0.1) is 7.14 Å². The van der Waals surface area contributed by atoms with Gasteiger partial charge in [0.25, 0.3) is 0 Å². The van der Waals surface area contributed by atoms with Crippen molar-refractivity contribution in [3.63, 3.8) is 0 Å². The number of hydrogen-bond donors (Lipinski definition) is 0. The summed E-state index contributed by atoms with van der Waals surface area (Å²) in [4.78, 5) is 0. The number of rotatable bonds is 23. The first-order valence-electron chi connectivity index (χ1n) is 15.7. The van der Waals surface area contributed by atoms with E-state index in [1.807, 2.05) is 4.74 Å². The van der Waals surface area contributed by atoms with Gasteiger partial charge in [0.2, 0.25) is 0 Å². The van der Waals surface area contributed by atoms with Gasteiger partial charge in [-0.2, -0.15) is 35.1 Å². The summed E-state index contributed by atoms with van der Waals surface area (Å²) in [5.74, 6) is 2.00. The summed E-state index contributed by atoms with van der Waals surface area (Å²) in [6, 6.07) is 17.4. The predicted molar refractivity (Wildman–Crippen MR) is 173 cm³/mol. The fourth-order valence-electron chi connectivity index (χ4n) is 3.88. The van der Waals surface area contributed by atoms with Crippen LogP contribution in [-0.4, -0.2) is 47.6 Å². The van der Waals surface area contributed by atoms with Gasteiger partial charge in [-0.1, -0.05) is 78.1 Å². The Hall–Kier alpha value is -1.19. The second-order valence-electron chi connectivity index (χ2n) is 10.8. The largest absolute Gasteiger partial charge is 0.743 e. The highest BCUT2D eigenvalue weighted by molar-refractivity contribution is 14.1. The molecule has 0 aromatic heterocycles. The van der Waals surface area contributed by atoms with Crippen molar-refractivity contribution < 1.29 is 83.5 Å². The maximum atomic E-state index is 12.4. The Morgan fingerprint density at radius 1 is 0.612 bits per heavy atom. The fraction of sp³-hybridized carbons (Fsp3) is 0.625. The normalized spacial score (nSPS) is 12.7. The predicted octanol–water partition coefficient (Wildman–Crippen LogP) is 7.65. The maximum absolute atomic E-state index is 12.4. The molecule has 282 valence electrons. The number of hydrogen-bond acceptors (Lipinski definition) is 6. The van der Waals surface area contributed by atoms with Crippen molar-refractivity contribution in [1.29, 1.82) is 0 Å². The zero-order chi connectivity index (χ0) is 37.2. The van der Waals surface area contributed by atoms with Gasteiger partial charge in [-0.05, 0) is 61.4 Å². The van der Waals surface area contributed by atoms with Crippen molar-refractivity contribution in [3.05, 3.63) is 55.7 Å². The van der Waals surface area contributed by atoms with Crippen LogP contribution in [0.2, 0.25) is 0 Å². The summed E-state index contributed by atoms with van der Waals surface area (Å²) < 4.78 is 138. The van der Waals surface area contributed by atoms with E-state index in [0.29, 0.717) is 0 Å². The molecule has 0 aliphatic carbocycles. The van der Waals surface area contributed by atoms with Gasteiger partial charge in [0, 0.05) is 22.6 Å². The third-order valence-corrected chi connectivity index (χ3v) is 10.8. The van der Waals surface area contributed by atoms with Crippen LogP contribution in [0.5, 0.6) is 11.5 Å². The highest BCUT2D eigenvalue weighted by Crippen LogP contribution is 2.48. The minimum absolute atomic E-state index is 0.160. The van der Waals surface area contributed by atoms with Crippen molar-refractivity contribution in [2.75, 3.05) is 13.2 Å². The molecule has 0 radical (unpaired) electrons. The van der Waals surface area contributed by atoms with E-state index in [1.54, 1.807) is 0 Å². The molecule has 2 aromatic carbocycles. The van der Waals surface area contributed by atoms with E-state index < -0.39 is 54.1 Å². The molecule has 0 saturated carbocycles. The molecule has 0 bridgehead atoms. The van der Waals surface area contributed by atoms with Gasteiger partial charge in [-0.15, -0.1) is 0 Å². The van der Waals surface area contributed by atoms with Crippen LogP contribution in [0.15, 0.2) is 48.5 Å². The van der Waals surface area contributed by atoms with Crippen molar-refractivity contribution in [2.24, 2.45) is 0 Å². The number of halogens is 10. The summed E-state index contributed by atoms with van der Waals surface area (Å²) in [5.41, 5.74) is 0. The van der Waals surface area contributed by atoms with Crippen LogP contribution >= 0.6 is 22.6 Å². The van der Waals surface area contributed by atoms with Gasteiger partial charge in [0.15, 0.2) is 17.3 Å². The Morgan fingerprint density at radius 3 is 1.29 bits per heavy atom. The van der Waals surface area contributed by atoms with Crippen LogP contribution in [0.3, 0.4) is 0 Å². The fourth-order valence-corrected chi connectivity index (χ4v) is 6.48. The Morgan fingerprint density at radius 2 is 0.959 bits per heavy atom. The molecule has 49 heavy (non-hydrogen) atoms. The topological polar surface area (TPSA) is 84.9 Å². The van der Waals surface area contributed by atoms with Crippen molar-refractivity contribution in [3.8, 4) is 11.5 Å². The van der Waals surface area contributed by atoms with Gasteiger partial charge in [-0.25, -0.2) is 13.2 Å². The molecule has 17 heteroatoms. The first-order valence-corrected chi connectivity index (χ1v) is 20.4. The second-order valence-corrected chi connectivity index (χ2v) is 16.6. The second kappa shape index (κ2) is 22.0. The lowest BCUT2D eigenvalue weighted by atomic mass is 10.1. The third kappa shape index (κ3) is 17.3. The molecule has 0 atom stereocenters. The van der Waals surface area contributed by atoms with Gasteiger partial charge in [0.1, 0.15) is 11.5 Å². The highest BCUT2D eigenvalue weighted by Gasteiger charge is 2.71. The van der Waals surface area contributed by atoms with Crippen molar-refractivity contribution >= 4 is 32.7 Å². The van der Waals surface area contributed by atoms with Crippen LogP contribution in [0.1, 0.15) is 90.9 Å². The summed E-state index contributed by atoms with van der Waals surface area (Å²) in [6.07, 6.45) is 2.83. The highest BCUT2D eigenvalue weighted by atomic mass is 127. The Labute approximate surface area is 307 Å². The van der Waals surface area contributed by atoms with E-state index >= 15 is 0 Å². The number of ether oxygens (including phenoxy) is 3. The molecule has 0 spiro atoms. The van der Waals surface area contributed by atoms with Crippen LogP contribution in [-0.2, 0) is 14.9 Å². The van der Waals surface area contributed by atoms with Gasteiger partial charge in [-0.3, -0.25) is 0 Å². The van der Waals surface area contributed by atoms with Crippen molar-refractivity contribution in [1.82, 2.24) is 0 Å². The maximum Gasteiger partial charge on any atom is 0.438 e. The van der Waals surface area contributed by atoms with E-state index in [1.165, 1.54) is 71.3 Å². The van der Waals surface area contributed by atoms with Crippen molar-refractivity contribution in [2.45, 2.75) is 112 Å². The van der Waals surface area contributed by atoms with E-state index in [0.717, 1.165) is 37.6 Å². The number of unbranched alkanes of at least 4 members (excludes halogenated alkanes) is 10. The minimum atomic E-state index is -7.12. The van der Waals surface area contributed by atoms with E-state index in [-0.39, 0.29) is 21.2 Å². The molecule has 0 aliphatic heterocycles. The molecule has 0 saturated heterocycles. The molecule has 2 rings (SSSR count). The average molecular weight is 961 g/mol. The molecule has 2 aromatic rings. The molecular formula is C32H42F8I2O6S. The van der Waals surface area contributed by atoms with Gasteiger partial charge < -0.3 is 14.0 Å². The number of benzene rings is 2. The summed E-state index contributed by atoms with van der Waals surface area (Å²) in [5, 5.41) is -6.65. The van der Waals surface area contributed by atoms with Crippen LogP contribution < -0.4 is 30.7 Å². The lowest BCUT2D eigenvalue weighted by Gasteiger charge is -2.31. The summed E-state index contributed by atoms with van der Waals surface area (Å²) in [6.45, 7) is 6.19. The Balaban J connectivity index is 0.000000570. The SMILES string of the molecule is CCCCCCCCOc1ccc([I+]c2ccc(OCCCCCCCC)cc2)cc1.O=S(=O)([O-])C(F)(F)C(F)(F)OC(F)(F)C(F)(F)I. The molecule has 0 N–H and O–H groups in total. The molecule has 6 nitrogen and oxygen atoms in total. The monoisotopic (exact) mass is 960 g/mol. The molecular weight excluding hydrogens is 918 g/mol. The number of alkyl halides is 9. The van der Waals surface area contributed by atoms with Gasteiger partial charge >= 0.3 is 42.6 Å². The summed E-state index contributed by atoms with van der Waals surface area (Å²) >= 11 is -0.565. The van der Waals surface area contributed by atoms with Crippen LogP contribution in [0.4, 0.5) is 35.1 Å². The quantitative estimate of drug-likeness (QED) is 0.0375. The van der Waals surface area contributed by atoms with Crippen LogP contribution in [0.25, 0.3) is 0 Å². The molecule has 0 heterocycles. The standard InChI is InChI=1S/C28H42IO2.C4HF8IO4S/c1-3-5-7-9-11-13-23-30-27-19-15-25(16-20-27)29-26-17-21-28(22-18-26)31-24-14-12-10-8-6-4-2;5-1(6,13)2(7,8)17-3(9,10)4(11,12)18(14,15)16/h15-22H,3-14,23-24H2,1-2H3;(H,14,15,16)/q+1;/p-1.